The van der Waals surface area contributed by atoms with Crippen molar-refractivity contribution in [2.24, 2.45) is 0 Å². The van der Waals surface area contributed by atoms with Crippen molar-refractivity contribution in [3.8, 4) is 0 Å². The van der Waals surface area contributed by atoms with Gasteiger partial charge in [-0.05, 0) is 35.3 Å². The molecular formula is C18H23NO. The molecule has 1 fully saturated rings. The normalized spacial score (nSPS) is 14.9. The minimum Gasteiger partial charge on any atom is -0.378 e. The predicted octanol–water partition coefficient (Wildman–Crippen LogP) is 3.89. The minimum absolute atomic E-state index is 0.788. The van der Waals surface area contributed by atoms with Crippen LogP contribution in [0, 0.1) is 6.92 Å². The molecule has 2 nitrogen and oxygen atoms in total. The number of nitrogens with zero attached hydrogens (tertiary/aromatic N) is 1. The van der Waals surface area contributed by atoms with Gasteiger partial charge in [0.05, 0.1) is 13.2 Å². The van der Waals surface area contributed by atoms with Gasteiger partial charge >= 0.3 is 0 Å². The molecule has 1 saturated heterocycles. The van der Waals surface area contributed by atoms with E-state index < -0.39 is 0 Å². The largest absolute Gasteiger partial charge is 0.378 e. The molecule has 0 radical (unpaired) electrons. The Morgan fingerprint density at radius 2 is 2.00 bits per heavy atom. The molecule has 0 bridgehead atoms. The highest BCUT2D eigenvalue weighted by atomic mass is 16.5. The van der Waals surface area contributed by atoms with Crippen molar-refractivity contribution in [1.82, 2.24) is 4.90 Å². The van der Waals surface area contributed by atoms with Crippen LogP contribution >= 0.6 is 0 Å². The zero-order valence-electron chi connectivity index (χ0n) is 12.3. The van der Waals surface area contributed by atoms with Crippen molar-refractivity contribution in [2.45, 2.75) is 13.3 Å². The monoisotopic (exact) mass is 269 g/mol. The maximum atomic E-state index is 5.37. The Bertz CT molecular complexity index is 524. The highest BCUT2D eigenvalue weighted by molar-refractivity contribution is 5.70. The lowest BCUT2D eigenvalue weighted by Crippen LogP contribution is -2.35. The Balaban J connectivity index is 2.07. The SMILES string of the molecule is C=Cc1ccc(C)c(C(=C)CC(=C)N2CCOCC2)c1. The lowest BCUT2D eigenvalue weighted by atomic mass is 9.96. The molecule has 1 aromatic rings. The first kappa shape index (κ1) is 14.6. The molecular weight excluding hydrogens is 246 g/mol. The number of morpholine rings is 1. The Hall–Kier alpha value is -1.80. The van der Waals surface area contributed by atoms with Crippen LogP contribution in [0.5, 0.6) is 0 Å². The Labute approximate surface area is 122 Å². The van der Waals surface area contributed by atoms with Crippen LogP contribution in [0.4, 0.5) is 0 Å². The van der Waals surface area contributed by atoms with Crippen LogP contribution in [-0.4, -0.2) is 31.2 Å². The van der Waals surface area contributed by atoms with Crippen molar-refractivity contribution in [1.29, 1.82) is 0 Å². The summed E-state index contributed by atoms with van der Waals surface area (Å²) in [6, 6.07) is 6.35. The molecule has 20 heavy (non-hydrogen) atoms. The van der Waals surface area contributed by atoms with Gasteiger partial charge in [-0.1, -0.05) is 37.9 Å². The van der Waals surface area contributed by atoms with Gasteiger partial charge in [-0.3, -0.25) is 0 Å². The van der Waals surface area contributed by atoms with E-state index in [9.17, 15) is 0 Å². The minimum atomic E-state index is 0.788. The molecule has 1 heterocycles. The lowest BCUT2D eigenvalue weighted by Gasteiger charge is -2.31. The molecule has 0 spiro atoms. The molecule has 0 aliphatic carbocycles. The van der Waals surface area contributed by atoms with Crippen LogP contribution in [0.15, 0.2) is 43.6 Å². The molecule has 0 unspecified atom stereocenters. The summed E-state index contributed by atoms with van der Waals surface area (Å²) >= 11 is 0. The number of aryl methyl sites for hydroxylation is 1. The van der Waals surface area contributed by atoms with Crippen molar-refractivity contribution >= 4 is 11.6 Å². The van der Waals surface area contributed by atoms with Crippen molar-refractivity contribution in [3.63, 3.8) is 0 Å². The van der Waals surface area contributed by atoms with Crippen molar-refractivity contribution in [2.75, 3.05) is 26.3 Å². The predicted molar refractivity (Wildman–Crippen MR) is 86.5 cm³/mol. The zero-order valence-corrected chi connectivity index (χ0v) is 12.3. The van der Waals surface area contributed by atoms with E-state index in [1.807, 2.05) is 6.08 Å². The van der Waals surface area contributed by atoms with E-state index in [2.05, 4.69) is 49.8 Å². The number of hydrogen-bond acceptors (Lipinski definition) is 2. The van der Waals surface area contributed by atoms with Gasteiger partial charge in [0.2, 0.25) is 0 Å². The number of benzene rings is 1. The third-order valence-corrected chi connectivity index (χ3v) is 3.75. The fourth-order valence-electron chi connectivity index (χ4n) is 2.48. The highest BCUT2D eigenvalue weighted by Crippen LogP contribution is 2.26. The first-order chi connectivity index (χ1) is 9.61. The summed E-state index contributed by atoms with van der Waals surface area (Å²) in [5.74, 6) is 0. The molecule has 1 aromatic carbocycles. The third kappa shape index (κ3) is 3.40. The van der Waals surface area contributed by atoms with Crippen molar-refractivity contribution in [3.05, 3.63) is 60.3 Å². The topological polar surface area (TPSA) is 12.5 Å². The Morgan fingerprint density at radius 3 is 2.65 bits per heavy atom. The second-order valence-corrected chi connectivity index (χ2v) is 5.22. The summed E-state index contributed by atoms with van der Waals surface area (Å²) in [7, 11) is 0. The van der Waals surface area contributed by atoms with Gasteiger partial charge in [0.1, 0.15) is 0 Å². The van der Waals surface area contributed by atoms with Gasteiger partial charge in [-0.2, -0.15) is 0 Å². The first-order valence-electron chi connectivity index (χ1n) is 7.03. The maximum absolute atomic E-state index is 5.37. The number of allylic oxidation sites excluding steroid dienone is 1. The molecule has 0 aromatic heterocycles. The number of ether oxygens (including phenoxy) is 1. The molecule has 0 saturated carbocycles. The van der Waals surface area contributed by atoms with Crippen LogP contribution in [-0.2, 0) is 4.74 Å². The second-order valence-electron chi connectivity index (χ2n) is 5.22. The Kier molecular flexibility index (Phi) is 4.80. The molecule has 2 heteroatoms. The van der Waals surface area contributed by atoms with Crippen LogP contribution in [0.3, 0.4) is 0 Å². The fraction of sp³-hybridized carbons (Fsp3) is 0.333. The molecule has 0 amide bonds. The van der Waals surface area contributed by atoms with Crippen LogP contribution < -0.4 is 0 Å². The molecule has 2 rings (SSSR count). The van der Waals surface area contributed by atoms with Gasteiger partial charge in [0, 0.05) is 25.2 Å². The second kappa shape index (κ2) is 6.58. The maximum Gasteiger partial charge on any atom is 0.0642 e. The van der Waals surface area contributed by atoms with E-state index in [1.165, 1.54) is 11.1 Å². The average Bonchev–Trinajstić information content (AvgIpc) is 2.48. The van der Waals surface area contributed by atoms with Gasteiger partial charge in [-0.25, -0.2) is 0 Å². The van der Waals surface area contributed by atoms with E-state index in [1.54, 1.807) is 0 Å². The van der Waals surface area contributed by atoms with Gasteiger partial charge in [-0.15, -0.1) is 0 Å². The Morgan fingerprint density at radius 1 is 1.30 bits per heavy atom. The molecule has 0 N–H and O–H groups in total. The number of hydrogen-bond donors (Lipinski definition) is 0. The highest BCUT2D eigenvalue weighted by Gasteiger charge is 2.14. The molecule has 106 valence electrons. The summed E-state index contributed by atoms with van der Waals surface area (Å²) in [5.41, 5.74) is 5.82. The summed E-state index contributed by atoms with van der Waals surface area (Å²) in [6.45, 7) is 17.8. The summed E-state index contributed by atoms with van der Waals surface area (Å²) in [5, 5.41) is 0. The van der Waals surface area contributed by atoms with E-state index >= 15 is 0 Å². The molecule has 0 atom stereocenters. The van der Waals surface area contributed by atoms with Crippen molar-refractivity contribution < 1.29 is 4.74 Å². The number of rotatable bonds is 5. The van der Waals surface area contributed by atoms with Crippen LogP contribution in [0.25, 0.3) is 11.6 Å². The summed E-state index contributed by atoms with van der Waals surface area (Å²) in [4.78, 5) is 2.29. The smallest absolute Gasteiger partial charge is 0.0642 e. The average molecular weight is 269 g/mol. The van der Waals surface area contributed by atoms with Gasteiger partial charge in [0.15, 0.2) is 0 Å². The van der Waals surface area contributed by atoms with Crippen LogP contribution in [0.1, 0.15) is 23.1 Å². The van der Waals surface area contributed by atoms with Gasteiger partial charge < -0.3 is 9.64 Å². The van der Waals surface area contributed by atoms with Crippen LogP contribution in [0.2, 0.25) is 0 Å². The zero-order chi connectivity index (χ0) is 14.5. The molecule has 1 aliphatic heterocycles. The summed E-state index contributed by atoms with van der Waals surface area (Å²) in [6.07, 6.45) is 2.68. The lowest BCUT2D eigenvalue weighted by molar-refractivity contribution is 0.0532. The quantitative estimate of drug-likeness (QED) is 0.804. The summed E-state index contributed by atoms with van der Waals surface area (Å²) < 4.78 is 5.37. The van der Waals surface area contributed by atoms with E-state index in [0.29, 0.717) is 0 Å². The van der Waals surface area contributed by atoms with E-state index in [0.717, 1.165) is 49.6 Å². The standard InChI is InChI=1S/C18H23NO/c1-5-17-7-6-14(2)18(13-17)15(3)12-16(4)19-8-10-20-11-9-19/h5-7,13H,1,3-4,8-12H2,2H3. The first-order valence-corrected chi connectivity index (χ1v) is 7.03. The van der Waals surface area contributed by atoms with E-state index in [-0.39, 0.29) is 0 Å². The third-order valence-electron chi connectivity index (χ3n) is 3.75. The van der Waals surface area contributed by atoms with Gasteiger partial charge in [0.25, 0.3) is 0 Å². The fourth-order valence-corrected chi connectivity index (χ4v) is 2.48. The van der Waals surface area contributed by atoms with E-state index in [4.69, 9.17) is 4.74 Å². The molecule has 1 aliphatic rings.